The molecular weight excluding hydrogens is 294 g/mol. The summed E-state index contributed by atoms with van der Waals surface area (Å²) < 4.78 is 42.4. The van der Waals surface area contributed by atoms with Gasteiger partial charge in [-0.15, -0.1) is 0 Å². The van der Waals surface area contributed by atoms with Crippen molar-refractivity contribution >= 4 is 10.0 Å². The topological polar surface area (TPSA) is 65.1 Å². The Morgan fingerprint density at radius 1 is 1.24 bits per heavy atom. The summed E-state index contributed by atoms with van der Waals surface area (Å²) in [5.41, 5.74) is 0. The van der Waals surface area contributed by atoms with Crippen molar-refractivity contribution in [1.82, 2.24) is 4.31 Å². The molecule has 3 rings (SSSR count). The smallest absolute Gasteiger partial charge is 0.243 e. The SMILES string of the molecule is COCC1CCN(S(=O)(=O)c2ccc3c(c2)OCO3)CC1. The van der Waals surface area contributed by atoms with Crippen LogP contribution in [0, 0.1) is 5.92 Å². The zero-order chi connectivity index (χ0) is 14.9. The van der Waals surface area contributed by atoms with Crippen LogP contribution >= 0.6 is 0 Å². The highest BCUT2D eigenvalue weighted by Crippen LogP contribution is 2.35. The third-order valence-electron chi connectivity index (χ3n) is 3.96. The number of hydrogen-bond acceptors (Lipinski definition) is 5. The van der Waals surface area contributed by atoms with Crippen LogP contribution in [-0.2, 0) is 14.8 Å². The van der Waals surface area contributed by atoms with Crippen LogP contribution in [0.1, 0.15) is 12.8 Å². The van der Waals surface area contributed by atoms with E-state index in [-0.39, 0.29) is 11.7 Å². The lowest BCUT2D eigenvalue weighted by molar-refractivity contribution is 0.121. The maximum atomic E-state index is 12.6. The van der Waals surface area contributed by atoms with E-state index in [0.717, 1.165) is 12.8 Å². The fourth-order valence-electron chi connectivity index (χ4n) is 2.74. The van der Waals surface area contributed by atoms with Gasteiger partial charge in [0.25, 0.3) is 0 Å². The molecule has 0 spiro atoms. The van der Waals surface area contributed by atoms with Crippen LogP contribution in [-0.4, -0.2) is 46.3 Å². The van der Waals surface area contributed by atoms with Crippen LogP contribution in [0.4, 0.5) is 0 Å². The molecule has 0 atom stereocenters. The first-order valence-electron chi connectivity index (χ1n) is 7.00. The Kier molecular flexibility index (Phi) is 4.05. The first kappa shape index (κ1) is 14.6. The summed E-state index contributed by atoms with van der Waals surface area (Å²) in [5, 5.41) is 0. The molecule has 0 saturated carbocycles. The highest BCUT2D eigenvalue weighted by molar-refractivity contribution is 7.89. The largest absolute Gasteiger partial charge is 0.454 e. The maximum absolute atomic E-state index is 12.6. The van der Waals surface area contributed by atoms with E-state index in [0.29, 0.717) is 37.1 Å². The minimum atomic E-state index is -3.47. The molecule has 0 unspecified atom stereocenters. The van der Waals surface area contributed by atoms with Gasteiger partial charge in [-0.05, 0) is 30.9 Å². The lowest BCUT2D eigenvalue weighted by atomic mass is 9.99. The van der Waals surface area contributed by atoms with Crippen molar-refractivity contribution in [1.29, 1.82) is 0 Å². The van der Waals surface area contributed by atoms with E-state index in [2.05, 4.69) is 0 Å². The second-order valence-electron chi connectivity index (χ2n) is 5.32. The van der Waals surface area contributed by atoms with Gasteiger partial charge in [0.15, 0.2) is 11.5 Å². The van der Waals surface area contributed by atoms with Crippen LogP contribution < -0.4 is 9.47 Å². The minimum Gasteiger partial charge on any atom is -0.454 e. The predicted octanol–water partition coefficient (Wildman–Crippen LogP) is 1.46. The number of methoxy groups -OCH3 is 1. The molecule has 0 aliphatic carbocycles. The number of hydrogen-bond donors (Lipinski definition) is 0. The predicted molar refractivity (Wildman–Crippen MR) is 75.9 cm³/mol. The van der Waals surface area contributed by atoms with Crippen molar-refractivity contribution in [3.8, 4) is 11.5 Å². The number of nitrogens with zero attached hydrogens (tertiary/aromatic N) is 1. The molecule has 0 aromatic heterocycles. The van der Waals surface area contributed by atoms with Crippen LogP contribution in [0.3, 0.4) is 0 Å². The normalized spacial score (nSPS) is 19.9. The van der Waals surface area contributed by atoms with Gasteiger partial charge in [-0.1, -0.05) is 0 Å². The Bertz CT molecular complexity index is 608. The van der Waals surface area contributed by atoms with Gasteiger partial charge in [0.05, 0.1) is 4.90 Å². The van der Waals surface area contributed by atoms with Gasteiger partial charge >= 0.3 is 0 Å². The van der Waals surface area contributed by atoms with E-state index in [1.807, 2.05) is 0 Å². The Balaban J connectivity index is 1.75. The molecule has 0 amide bonds. The molecule has 0 N–H and O–H groups in total. The summed E-state index contributed by atoms with van der Waals surface area (Å²) >= 11 is 0. The average molecular weight is 313 g/mol. The van der Waals surface area contributed by atoms with E-state index in [1.165, 1.54) is 4.31 Å². The van der Waals surface area contributed by atoms with Crippen LogP contribution in [0.2, 0.25) is 0 Å². The van der Waals surface area contributed by atoms with E-state index in [4.69, 9.17) is 14.2 Å². The van der Waals surface area contributed by atoms with Crippen molar-refractivity contribution in [3.05, 3.63) is 18.2 Å². The van der Waals surface area contributed by atoms with Crippen molar-refractivity contribution < 1.29 is 22.6 Å². The lowest BCUT2D eigenvalue weighted by Crippen LogP contribution is -2.39. The van der Waals surface area contributed by atoms with Crippen molar-refractivity contribution in [2.24, 2.45) is 5.92 Å². The highest BCUT2D eigenvalue weighted by Gasteiger charge is 2.30. The molecule has 0 bridgehead atoms. The molecule has 1 fully saturated rings. The number of ether oxygens (including phenoxy) is 3. The van der Waals surface area contributed by atoms with Crippen molar-refractivity contribution in [3.63, 3.8) is 0 Å². The molecule has 7 heteroatoms. The zero-order valence-electron chi connectivity index (χ0n) is 11.9. The summed E-state index contributed by atoms with van der Waals surface area (Å²) in [7, 11) is -1.79. The molecule has 0 radical (unpaired) electrons. The van der Waals surface area contributed by atoms with Gasteiger partial charge in [-0.2, -0.15) is 4.31 Å². The summed E-state index contributed by atoms with van der Waals surface area (Å²) in [4.78, 5) is 0.261. The summed E-state index contributed by atoms with van der Waals surface area (Å²) in [6.07, 6.45) is 1.66. The van der Waals surface area contributed by atoms with Gasteiger partial charge in [0.1, 0.15) is 0 Å². The number of benzene rings is 1. The second-order valence-corrected chi connectivity index (χ2v) is 7.26. The molecule has 1 saturated heterocycles. The number of sulfonamides is 1. The Morgan fingerprint density at radius 2 is 1.95 bits per heavy atom. The number of fused-ring (bicyclic) bond motifs is 1. The first-order chi connectivity index (χ1) is 10.1. The molecule has 6 nitrogen and oxygen atoms in total. The molecule has 1 aromatic carbocycles. The fourth-order valence-corrected chi connectivity index (χ4v) is 4.22. The molecule has 2 aliphatic rings. The van der Waals surface area contributed by atoms with Crippen LogP contribution in [0.25, 0.3) is 0 Å². The quantitative estimate of drug-likeness (QED) is 0.842. The van der Waals surface area contributed by atoms with Crippen molar-refractivity contribution in [2.75, 3.05) is 33.6 Å². The number of rotatable bonds is 4. The molecule has 2 heterocycles. The Labute approximate surface area is 124 Å². The first-order valence-corrected chi connectivity index (χ1v) is 8.44. The van der Waals surface area contributed by atoms with Crippen LogP contribution in [0.15, 0.2) is 23.1 Å². The summed E-state index contributed by atoms with van der Waals surface area (Å²) in [6, 6.07) is 4.76. The lowest BCUT2D eigenvalue weighted by Gasteiger charge is -2.30. The van der Waals surface area contributed by atoms with Gasteiger partial charge in [0.2, 0.25) is 16.8 Å². The minimum absolute atomic E-state index is 0.140. The molecule has 2 aliphatic heterocycles. The van der Waals surface area contributed by atoms with E-state index in [9.17, 15) is 8.42 Å². The maximum Gasteiger partial charge on any atom is 0.243 e. The monoisotopic (exact) mass is 313 g/mol. The van der Waals surface area contributed by atoms with Gasteiger partial charge in [0, 0.05) is 32.9 Å². The number of piperidine rings is 1. The van der Waals surface area contributed by atoms with Crippen molar-refractivity contribution in [2.45, 2.75) is 17.7 Å². The summed E-state index contributed by atoms with van der Waals surface area (Å²) in [6.45, 7) is 1.90. The zero-order valence-corrected chi connectivity index (χ0v) is 12.8. The third kappa shape index (κ3) is 2.86. The molecular formula is C14H19NO5S. The summed E-state index contributed by atoms with van der Waals surface area (Å²) in [5.74, 6) is 1.52. The van der Waals surface area contributed by atoms with Crippen LogP contribution in [0.5, 0.6) is 11.5 Å². The Hall–Kier alpha value is -1.31. The second kappa shape index (κ2) is 5.82. The van der Waals surface area contributed by atoms with E-state index < -0.39 is 10.0 Å². The standard InChI is InChI=1S/C14H19NO5S/c1-18-9-11-4-6-15(7-5-11)21(16,17)12-2-3-13-14(8-12)20-10-19-13/h2-3,8,11H,4-7,9-10H2,1H3. The van der Waals surface area contributed by atoms with Gasteiger partial charge < -0.3 is 14.2 Å². The van der Waals surface area contributed by atoms with Gasteiger partial charge in [-0.25, -0.2) is 8.42 Å². The average Bonchev–Trinajstić information content (AvgIpc) is 2.95. The molecule has 21 heavy (non-hydrogen) atoms. The van der Waals surface area contributed by atoms with E-state index >= 15 is 0 Å². The van der Waals surface area contributed by atoms with E-state index in [1.54, 1.807) is 25.3 Å². The highest BCUT2D eigenvalue weighted by atomic mass is 32.2. The molecule has 1 aromatic rings. The Morgan fingerprint density at radius 3 is 2.67 bits per heavy atom. The molecule has 116 valence electrons. The van der Waals surface area contributed by atoms with Gasteiger partial charge in [-0.3, -0.25) is 0 Å². The fraction of sp³-hybridized carbons (Fsp3) is 0.571. The third-order valence-corrected chi connectivity index (χ3v) is 5.85.